The Labute approximate surface area is 196 Å². The molecule has 5 N–H and O–H groups in total. The molecule has 9 nitrogen and oxygen atoms in total. The van der Waals surface area contributed by atoms with Crippen molar-refractivity contribution in [2.45, 2.75) is 38.8 Å². The summed E-state index contributed by atoms with van der Waals surface area (Å²) in [5.74, 6) is -0.992. The minimum Gasteiger partial charge on any atom is -0.348 e. The number of rotatable bonds is 6. The van der Waals surface area contributed by atoms with Crippen LogP contribution in [-0.4, -0.2) is 58.0 Å². The molecule has 1 fully saturated rings. The summed E-state index contributed by atoms with van der Waals surface area (Å²) < 4.78 is 0. The van der Waals surface area contributed by atoms with Gasteiger partial charge in [-0.25, -0.2) is 0 Å². The standard InChI is InChI=1S/C21H26Cl2N6O3/c1-11(2)17(24)21(32)29-8-6-12(7-9-29)26-20(31)18-15(10-25-28-18)27-19(30)16-13(22)4-3-5-14(16)23/h3-5,10-12,17H,6-9,24H2,1-2H3,(H,25,28)(H,26,31)(H,27,30). The quantitative estimate of drug-likeness (QED) is 0.504. The van der Waals surface area contributed by atoms with E-state index in [1.807, 2.05) is 13.8 Å². The van der Waals surface area contributed by atoms with Crippen molar-refractivity contribution in [3.05, 3.63) is 45.7 Å². The van der Waals surface area contributed by atoms with Crippen molar-refractivity contribution < 1.29 is 14.4 Å². The summed E-state index contributed by atoms with van der Waals surface area (Å²) in [7, 11) is 0. The van der Waals surface area contributed by atoms with Crippen LogP contribution in [0.5, 0.6) is 0 Å². The highest BCUT2D eigenvalue weighted by Gasteiger charge is 2.29. The summed E-state index contributed by atoms with van der Waals surface area (Å²) in [4.78, 5) is 39.5. The van der Waals surface area contributed by atoms with Gasteiger partial charge < -0.3 is 21.3 Å². The van der Waals surface area contributed by atoms with Gasteiger partial charge in [-0.1, -0.05) is 43.1 Å². The molecular weight excluding hydrogens is 455 g/mol. The van der Waals surface area contributed by atoms with Crippen molar-refractivity contribution in [1.29, 1.82) is 0 Å². The van der Waals surface area contributed by atoms with Gasteiger partial charge in [0.2, 0.25) is 5.91 Å². The Kier molecular flexibility index (Phi) is 7.76. The maximum atomic E-state index is 12.8. The average molecular weight is 481 g/mol. The van der Waals surface area contributed by atoms with Crippen LogP contribution in [-0.2, 0) is 4.79 Å². The average Bonchev–Trinajstić information content (AvgIpc) is 3.21. The minimum absolute atomic E-state index is 0.0434. The Morgan fingerprint density at radius 3 is 2.38 bits per heavy atom. The zero-order valence-corrected chi connectivity index (χ0v) is 19.3. The third kappa shape index (κ3) is 5.40. The zero-order chi connectivity index (χ0) is 23.4. The van der Waals surface area contributed by atoms with E-state index in [-0.39, 0.29) is 44.9 Å². The zero-order valence-electron chi connectivity index (χ0n) is 17.8. The SMILES string of the molecule is CC(C)C(N)C(=O)N1CCC(NC(=O)c2n[nH]cc2NC(=O)c2c(Cl)cccc2Cl)CC1. The summed E-state index contributed by atoms with van der Waals surface area (Å²) >= 11 is 12.2. The Bertz CT molecular complexity index is 981. The first-order valence-electron chi connectivity index (χ1n) is 10.3. The number of aromatic nitrogens is 2. The molecule has 1 aromatic carbocycles. The van der Waals surface area contributed by atoms with Gasteiger partial charge in [0.25, 0.3) is 11.8 Å². The fourth-order valence-electron chi connectivity index (χ4n) is 3.45. The lowest BCUT2D eigenvalue weighted by molar-refractivity contribution is -0.134. The molecule has 0 aliphatic carbocycles. The molecule has 32 heavy (non-hydrogen) atoms. The van der Waals surface area contributed by atoms with Crippen molar-refractivity contribution in [3.63, 3.8) is 0 Å². The van der Waals surface area contributed by atoms with Gasteiger partial charge in [0.1, 0.15) is 0 Å². The first-order chi connectivity index (χ1) is 15.2. The highest BCUT2D eigenvalue weighted by molar-refractivity contribution is 6.40. The highest BCUT2D eigenvalue weighted by Crippen LogP contribution is 2.26. The van der Waals surface area contributed by atoms with E-state index in [0.29, 0.717) is 25.9 Å². The number of amides is 3. The molecule has 3 rings (SSSR count). The number of nitrogens with zero attached hydrogens (tertiary/aromatic N) is 2. The van der Waals surface area contributed by atoms with Gasteiger partial charge in [0.05, 0.1) is 27.3 Å². The second-order valence-corrected chi connectivity index (χ2v) is 8.86. The van der Waals surface area contributed by atoms with Gasteiger partial charge in [-0.3, -0.25) is 19.5 Å². The highest BCUT2D eigenvalue weighted by atomic mass is 35.5. The van der Waals surface area contributed by atoms with Gasteiger partial charge >= 0.3 is 0 Å². The number of halogens is 2. The molecule has 2 aromatic rings. The van der Waals surface area contributed by atoms with E-state index in [2.05, 4.69) is 20.8 Å². The number of carbonyl (C=O) groups is 3. The van der Waals surface area contributed by atoms with Gasteiger partial charge in [0, 0.05) is 25.3 Å². The summed E-state index contributed by atoms with van der Waals surface area (Å²) in [6.07, 6.45) is 2.61. The van der Waals surface area contributed by atoms with Crippen LogP contribution in [0.1, 0.15) is 47.5 Å². The third-order valence-electron chi connectivity index (χ3n) is 5.44. The molecule has 1 unspecified atom stereocenters. The molecule has 3 amide bonds. The molecule has 1 aliphatic rings. The van der Waals surface area contributed by atoms with Crippen LogP contribution in [0.3, 0.4) is 0 Å². The van der Waals surface area contributed by atoms with Gasteiger partial charge in [-0.15, -0.1) is 0 Å². The van der Waals surface area contributed by atoms with Crippen molar-refractivity contribution in [2.24, 2.45) is 11.7 Å². The fraction of sp³-hybridized carbons (Fsp3) is 0.429. The van der Waals surface area contributed by atoms with Gasteiger partial charge in [0.15, 0.2) is 5.69 Å². The lowest BCUT2D eigenvalue weighted by Crippen LogP contribution is -2.52. The van der Waals surface area contributed by atoms with E-state index in [4.69, 9.17) is 28.9 Å². The van der Waals surface area contributed by atoms with Crippen LogP contribution in [0, 0.1) is 5.92 Å². The molecule has 172 valence electrons. The van der Waals surface area contributed by atoms with E-state index in [9.17, 15) is 14.4 Å². The van der Waals surface area contributed by atoms with Crippen molar-refractivity contribution in [1.82, 2.24) is 20.4 Å². The molecule has 0 spiro atoms. The monoisotopic (exact) mass is 480 g/mol. The Morgan fingerprint density at radius 2 is 1.78 bits per heavy atom. The number of anilines is 1. The van der Waals surface area contributed by atoms with E-state index in [0.717, 1.165) is 0 Å². The molecule has 0 saturated carbocycles. The predicted molar refractivity (Wildman–Crippen MR) is 123 cm³/mol. The van der Waals surface area contributed by atoms with Crippen LogP contribution < -0.4 is 16.4 Å². The molecule has 2 heterocycles. The maximum Gasteiger partial charge on any atom is 0.274 e. The van der Waals surface area contributed by atoms with E-state index >= 15 is 0 Å². The largest absolute Gasteiger partial charge is 0.348 e. The molecule has 0 radical (unpaired) electrons. The van der Waals surface area contributed by atoms with Crippen LogP contribution in [0.15, 0.2) is 24.4 Å². The topological polar surface area (TPSA) is 133 Å². The van der Waals surface area contributed by atoms with E-state index in [1.54, 1.807) is 23.1 Å². The Balaban J connectivity index is 1.59. The normalized spacial score (nSPS) is 15.5. The lowest BCUT2D eigenvalue weighted by Gasteiger charge is -2.34. The number of H-pyrrole nitrogens is 1. The molecular formula is C21H26Cl2N6O3. The maximum absolute atomic E-state index is 12.8. The minimum atomic E-state index is -0.552. The number of piperidine rings is 1. The molecule has 1 atom stereocenters. The smallest absolute Gasteiger partial charge is 0.274 e. The molecule has 11 heteroatoms. The number of aromatic amines is 1. The van der Waals surface area contributed by atoms with Crippen molar-refractivity contribution in [3.8, 4) is 0 Å². The number of likely N-dealkylation sites (tertiary alicyclic amines) is 1. The van der Waals surface area contributed by atoms with Crippen LogP contribution in [0.25, 0.3) is 0 Å². The van der Waals surface area contributed by atoms with Gasteiger partial charge in [-0.05, 0) is 30.9 Å². The molecule has 0 bridgehead atoms. The van der Waals surface area contributed by atoms with Crippen LogP contribution >= 0.6 is 23.2 Å². The Hall–Kier alpha value is -2.62. The van der Waals surface area contributed by atoms with Crippen molar-refractivity contribution >= 4 is 46.6 Å². The van der Waals surface area contributed by atoms with Crippen molar-refractivity contribution in [2.75, 3.05) is 18.4 Å². The van der Waals surface area contributed by atoms with E-state index < -0.39 is 17.9 Å². The number of nitrogens with two attached hydrogens (primary N) is 1. The van der Waals surface area contributed by atoms with Crippen LogP contribution in [0.2, 0.25) is 10.0 Å². The number of hydrogen-bond acceptors (Lipinski definition) is 5. The van der Waals surface area contributed by atoms with E-state index in [1.165, 1.54) is 6.20 Å². The number of carbonyl (C=O) groups excluding carboxylic acids is 3. The predicted octanol–water partition coefficient (Wildman–Crippen LogP) is 2.67. The fourth-order valence-corrected chi connectivity index (χ4v) is 4.02. The first kappa shape index (κ1) is 24.0. The first-order valence-corrected chi connectivity index (χ1v) is 11.1. The molecule has 1 saturated heterocycles. The molecule has 1 aliphatic heterocycles. The second-order valence-electron chi connectivity index (χ2n) is 8.04. The summed E-state index contributed by atoms with van der Waals surface area (Å²) in [5.41, 5.74) is 6.33. The summed E-state index contributed by atoms with van der Waals surface area (Å²) in [5, 5.41) is 12.5. The second kappa shape index (κ2) is 10.3. The summed E-state index contributed by atoms with van der Waals surface area (Å²) in [6, 6.07) is 4.09. The number of benzene rings is 1. The Morgan fingerprint density at radius 1 is 1.16 bits per heavy atom. The third-order valence-corrected chi connectivity index (χ3v) is 6.07. The number of nitrogens with one attached hydrogen (secondary N) is 3. The van der Waals surface area contributed by atoms with Gasteiger partial charge in [-0.2, -0.15) is 5.10 Å². The van der Waals surface area contributed by atoms with Crippen LogP contribution in [0.4, 0.5) is 5.69 Å². The number of hydrogen-bond donors (Lipinski definition) is 4. The summed E-state index contributed by atoms with van der Waals surface area (Å²) in [6.45, 7) is 4.85. The molecule has 1 aromatic heterocycles. The lowest BCUT2D eigenvalue weighted by atomic mass is 10.0.